The fourth-order valence-corrected chi connectivity index (χ4v) is 4.05. The molecule has 0 aliphatic carbocycles. The Hall–Kier alpha value is -2.42. The minimum atomic E-state index is -4.46. The van der Waals surface area contributed by atoms with Gasteiger partial charge >= 0.3 is 6.18 Å². The molecule has 0 fully saturated rings. The van der Waals surface area contributed by atoms with E-state index >= 15 is 0 Å². The number of alkyl halides is 3. The Bertz CT molecular complexity index is 888. The van der Waals surface area contributed by atoms with Crippen molar-refractivity contribution in [2.24, 2.45) is 0 Å². The predicted molar refractivity (Wildman–Crippen MR) is 111 cm³/mol. The molecular weight excluding hydrogens is 409 g/mol. The summed E-state index contributed by atoms with van der Waals surface area (Å²) in [4.78, 5) is 14.6. The fourth-order valence-electron chi connectivity index (χ4n) is 4.05. The summed E-state index contributed by atoms with van der Waals surface area (Å²) in [5.74, 6) is -0.214. The van der Waals surface area contributed by atoms with E-state index in [2.05, 4.69) is 5.32 Å². The summed E-state index contributed by atoms with van der Waals surface area (Å²) in [7, 11) is 1.48. The average molecular weight is 436 g/mol. The number of hydrogen-bond donors (Lipinski definition) is 2. The van der Waals surface area contributed by atoms with Crippen molar-refractivity contribution in [1.82, 2.24) is 10.2 Å². The molecule has 0 bridgehead atoms. The zero-order valence-electron chi connectivity index (χ0n) is 17.4. The Kier molecular flexibility index (Phi) is 7.69. The number of methoxy groups -OCH3 is 1. The van der Waals surface area contributed by atoms with Gasteiger partial charge in [-0.2, -0.15) is 13.2 Å². The largest absolute Gasteiger partial charge is 0.416 e. The first-order chi connectivity index (χ1) is 14.8. The Morgan fingerprint density at radius 3 is 2.68 bits per heavy atom. The molecule has 1 aliphatic rings. The smallest absolute Gasteiger partial charge is 0.389 e. The van der Waals surface area contributed by atoms with Crippen molar-refractivity contribution in [3.63, 3.8) is 0 Å². The van der Waals surface area contributed by atoms with Gasteiger partial charge in [0.1, 0.15) is 0 Å². The molecule has 1 amide bonds. The van der Waals surface area contributed by atoms with Crippen LogP contribution in [0.4, 0.5) is 13.2 Å². The van der Waals surface area contributed by atoms with Crippen molar-refractivity contribution in [3.8, 4) is 0 Å². The van der Waals surface area contributed by atoms with E-state index in [1.807, 2.05) is 24.3 Å². The van der Waals surface area contributed by atoms with Gasteiger partial charge in [0.2, 0.25) is 5.91 Å². The molecule has 0 saturated carbocycles. The number of nitrogens with one attached hydrogen (secondary N) is 1. The van der Waals surface area contributed by atoms with E-state index in [9.17, 15) is 23.1 Å². The SMILES string of the molecule is COCC(O)CNCC(=O)N1CCc2ccccc2C1Cc1ccccc1C(F)(F)F. The molecule has 2 atom stereocenters. The first-order valence-electron chi connectivity index (χ1n) is 10.2. The lowest BCUT2D eigenvalue weighted by molar-refractivity contribution is -0.138. The molecule has 2 aromatic rings. The van der Waals surface area contributed by atoms with Crippen LogP contribution in [0.1, 0.15) is 28.3 Å². The molecule has 8 heteroatoms. The van der Waals surface area contributed by atoms with Gasteiger partial charge in [0, 0.05) is 20.2 Å². The third-order valence-corrected chi connectivity index (χ3v) is 5.48. The molecule has 2 aromatic carbocycles. The van der Waals surface area contributed by atoms with Crippen molar-refractivity contribution in [2.75, 3.05) is 33.4 Å². The summed E-state index contributed by atoms with van der Waals surface area (Å²) in [6.07, 6.45) is -4.48. The standard InChI is InChI=1S/C23H27F3N2O3/c1-31-15-18(29)13-27-14-22(30)28-11-10-16-6-2-4-8-19(16)21(28)12-17-7-3-5-9-20(17)23(24,25)26/h2-9,18,21,27,29H,10-15H2,1H3. The number of nitrogens with zero attached hydrogens (tertiary/aromatic N) is 1. The second kappa shape index (κ2) is 10.3. The number of amides is 1. The number of hydrogen-bond acceptors (Lipinski definition) is 4. The van der Waals surface area contributed by atoms with Crippen LogP contribution in [0.2, 0.25) is 0 Å². The van der Waals surface area contributed by atoms with Gasteiger partial charge in [0.15, 0.2) is 0 Å². The molecule has 168 valence electrons. The third kappa shape index (κ3) is 5.84. The second-order valence-corrected chi connectivity index (χ2v) is 7.65. The highest BCUT2D eigenvalue weighted by molar-refractivity contribution is 5.79. The third-order valence-electron chi connectivity index (χ3n) is 5.48. The van der Waals surface area contributed by atoms with Crippen LogP contribution in [0.15, 0.2) is 48.5 Å². The van der Waals surface area contributed by atoms with Crippen LogP contribution < -0.4 is 5.32 Å². The molecule has 31 heavy (non-hydrogen) atoms. The lowest BCUT2D eigenvalue weighted by Gasteiger charge is -2.38. The van der Waals surface area contributed by atoms with E-state index in [0.717, 1.165) is 17.2 Å². The predicted octanol–water partition coefficient (Wildman–Crippen LogP) is 2.97. The van der Waals surface area contributed by atoms with Gasteiger partial charge in [-0.3, -0.25) is 4.79 Å². The number of ether oxygens (including phenoxy) is 1. The van der Waals surface area contributed by atoms with Gasteiger partial charge < -0.3 is 20.1 Å². The van der Waals surface area contributed by atoms with E-state index in [0.29, 0.717) is 13.0 Å². The summed E-state index contributed by atoms with van der Waals surface area (Å²) in [6.45, 7) is 0.748. The zero-order valence-corrected chi connectivity index (χ0v) is 17.4. The Labute approximate surface area is 179 Å². The van der Waals surface area contributed by atoms with Crippen molar-refractivity contribution in [2.45, 2.75) is 31.2 Å². The highest BCUT2D eigenvalue weighted by Crippen LogP contribution is 2.37. The quantitative estimate of drug-likeness (QED) is 0.668. The van der Waals surface area contributed by atoms with E-state index in [1.54, 1.807) is 11.0 Å². The Balaban J connectivity index is 1.83. The number of carbonyl (C=O) groups is 1. The highest BCUT2D eigenvalue weighted by Gasteiger charge is 2.36. The van der Waals surface area contributed by atoms with Crippen molar-refractivity contribution < 1.29 is 27.8 Å². The molecule has 2 unspecified atom stereocenters. The van der Waals surface area contributed by atoms with Crippen LogP contribution in [-0.4, -0.2) is 55.4 Å². The van der Waals surface area contributed by atoms with Crippen LogP contribution in [0.3, 0.4) is 0 Å². The molecule has 1 aliphatic heterocycles. The highest BCUT2D eigenvalue weighted by atomic mass is 19.4. The van der Waals surface area contributed by atoms with Crippen LogP contribution in [0.25, 0.3) is 0 Å². The van der Waals surface area contributed by atoms with E-state index in [-0.39, 0.29) is 37.6 Å². The van der Waals surface area contributed by atoms with Crippen LogP contribution >= 0.6 is 0 Å². The molecule has 0 aromatic heterocycles. The molecule has 0 saturated heterocycles. The summed E-state index contributed by atoms with van der Waals surface area (Å²) in [5.41, 5.74) is 1.41. The molecule has 2 N–H and O–H groups in total. The summed E-state index contributed by atoms with van der Waals surface area (Å²) in [5, 5.41) is 12.6. The maximum atomic E-state index is 13.5. The topological polar surface area (TPSA) is 61.8 Å². The first-order valence-corrected chi connectivity index (χ1v) is 10.2. The molecule has 3 rings (SSSR count). The van der Waals surface area contributed by atoms with Crippen molar-refractivity contribution >= 4 is 5.91 Å². The minimum Gasteiger partial charge on any atom is -0.389 e. The average Bonchev–Trinajstić information content (AvgIpc) is 2.73. The molecule has 0 radical (unpaired) electrons. The molecule has 5 nitrogen and oxygen atoms in total. The van der Waals surface area contributed by atoms with Gasteiger partial charge in [0.05, 0.1) is 30.9 Å². The van der Waals surface area contributed by atoms with Gasteiger partial charge in [-0.25, -0.2) is 0 Å². The monoisotopic (exact) mass is 436 g/mol. The maximum Gasteiger partial charge on any atom is 0.416 e. The van der Waals surface area contributed by atoms with E-state index in [1.165, 1.54) is 19.2 Å². The summed E-state index contributed by atoms with van der Waals surface area (Å²) in [6, 6.07) is 12.6. The molecule has 1 heterocycles. The van der Waals surface area contributed by atoms with Gasteiger partial charge in [-0.1, -0.05) is 42.5 Å². The van der Waals surface area contributed by atoms with Gasteiger partial charge in [-0.15, -0.1) is 0 Å². The van der Waals surface area contributed by atoms with Crippen molar-refractivity contribution in [1.29, 1.82) is 0 Å². The number of benzene rings is 2. The zero-order chi connectivity index (χ0) is 22.4. The summed E-state index contributed by atoms with van der Waals surface area (Å²) >= 11 is 0. The Morgan fingerprint density at radius 2 is 1.94 bits per heavy atom. The number of rotatable bonds is 8. The maximum absolute atomic E-state index is 13.5. The lowest BCUT2D eigenvalue weighted by Crippen LogP contribution is -2.46. The normalized spacial score (nSPS) is 17.3. The number of fused-ring (bicyclic) bond motifs is 1. The Morgan fingerprint density at radius 1 is 1.23 bits per heavy atom. The second-order valence-electron chi connectivity index (χ2n) is 7.65. The number of aliphatic hydroxyl groups excluding tert-OH is 1. The first kappa shape index (κ1) is 23.2. The molecular formula is C23H27F3N2O3. The van der Waals surface area contributed by atoms with Crippen molar-refractivity contribution in [3.05, 3.63) is 70.8 Å². The van der Waals surface area contributed by atoms with E-state index in [4.69, 9.17) is 4.74 Å². The minimum absolute atomic E-state index is 0.0135. The lowest BCUT2D eigenvalue weighted by atomic mass is 9.87. The van der Waals surface area contributed by atoms with E-state index < -0.39 is 23.9 Å². The number of aliphatic hydroxyl groups is 1. The fraction of sp³-hybridized carbons (Fsp3) is 0.435. The van der Waals surface area contributed by atoms with Crippen LogP contribution in [0.5, 0.6) is 0 Å². The molecule has 0 spiro atoms. The summed E-state index contributed by atoms with van der Waals surface area (Å²) < 4.78 is 45.5. The van der Waals surface area contributed by atoms with Crippen LogP contribution in [-0.2, 0) is 28.5 Å². The van der Waals surface area contributed by atoms with Crippen LogP contribution in [0, 0.1) is 0 Å². The number of carbonyl (C=O) groups excluding carboxylic acids is 1. The number of halogens is 3. The van der Waals surface area contributed by atoms with Gasteiger partial charge in [0.25, 0.3) is 0 Å². The van der Waals surface area contributed by atoms with Gasteiger partial charge in [-0.05, 0) is 35.6 Å².